The zero-order valence-electron chi connectivity index (χ0n) is 13.3. The summed E-state index contributed by atoms with van der Waals surface area (Å²) in [7, 11) is 3.51. The summed E-state index contributed by atoms with van der Waals surface area (Å²) in [5, 5.41) is 0. The Balaban J connectivity index is 2.03. The topological polar surface area (TPSA) is 42.4 Å². The first kappa shape index (κ1) is 15.5. The maximum Gasteiger partial charge on any atom is 0.223 e. The largest absolute Gasteiger partial charge is 0.496 e. The summed E-state index contributed by atoms with van der Waals surface area (Å²) in [6.07, 6.45) is 8.90. The second-order valence-electron chi connectivity index (χ2n) is 5.77. The fourth-order valence-electron chi connectivity index (χ4n) is 2.79. The lowest BCUT2D eigenvalue weighted by Gasteiger charge is -2.20. The Morgan fingerprint density at radius 1 is 1.48 bits per heavy atom. The van der Waals surface area contributed by atoms with E-state index in [0.29, 0.717) is 18.9 Å². The lowest BCUT2D eigenvalue weighted by Crippen LogP contribution is -2.28. The average Bonchev–Trinajstić information content (AvgIpc) is 2.95. The van der Waals surface area contributed by atoms with E-state index < -0.39 is 0 Å². The van der Waals surface area contributed by atoms with Crippen LogP contribution in [0, 0.1) is 19.8 Å². The summed E-state index contributed by atoms with van der Waals surface area (Å²) in [4.78, 5) is 18.5. The highest BCUT2D eigenvalue weighted by molar-refractivity contribution is 5.76. The van der Waals surface area contributed by atoms with Crippen molar-refractivity contribution in [3.05, 3.63) is 35.2 Å². The number of allylic oxidation sites excluding steroid dienone is 2. The molecule has 0 aromatic carbocycles. The Bertz CT molecular complexity index is 552. The monoisotopic (exact) mass is 288 g/mol. The number of carbonyl (C=O) groups is 1. The Morgan fingerprint density at radius 3 is 2.86 bits per heavy atom. The van der Waals surface area contributed by atoms with E-state index in [-0.39, 0.29) is 5.91 Å². The van der Waals surface area contributed by atoms with Gasteiger partial charge in [0.25, 0.3) is 0 Å². The summed E-state index contributed by atoms with van der Waals surface area (Å²) in [6.45, 7) is 4.49. The molecule has 1 atom stereocenters. The zero-order valence-corrected chi connectivity index (χ0v) is 13.3. The number of pyridine rings is 1. The number of carbonyl (C=O) groups excluding carboxylic acids is 1. The number of hydrogen-bond donors (Lipinski definition) is 0. The molecule has 0 saturated heterocycles. The first-order valence-corrected chi connectivity index (χ1v) is 7.42. The van der Waals surface area contributed by atoms with Gasteiger partial charge in [-0.3, -0.25) is 9.78 Å². The van der Waals surface area contributed by atoms with Crippen LogP contribution in [0.3, 0.4) is 0 Å². The van der Waals surface area contributed by atoms with Gasteiger partial charge in [-0.15, -0.1) is 0 Å². The molecule has 0 aliphatic heterocycles. The zero-order chi connectivity index (χ0) is 15.4. The third kappa shape index (κ3) is 3.63. The fraction of sp³-hybridized carbons (Fsp3) is 0.529. The summed E-state index contributed by atoms with van der Waals surface area (Å²) >= 11 is 0. The second kappa shape index (κ2) is 6.74. The molecule has 1 amide bonds. The van der Waals surface area contributed by atoms with Gasteiger partial charge in [-0.25, -0.2) is 0 Å². The van der Waals surface area contributed by atoms with Crippen molar-refractivity contribution in [2.45, 2.75) is 39.7 Å². The van der Waals surface area contributed by atoms with E-state index in [1.165, 1.54) is 0 Å². The predicted molar refractivity (Wildman–Crippen MR) is 83.2 cm³/mol. The van der Waals surface area contributed by atoms with Crippen molar-refractivity contribution in [2.75, 3.05) is 14.2 Å². The first-order valence-electron chi connectivity index (χ1n) is 7.42. The minimum Gasteiger partial charge on any atom is -0.496 e. The van der Waals surface area contributed by atoms with Gasteiger partial charge in [0.1, 0.15) is 5.75 Å². The van der Waals surface area contributed by atoms with Gasteiger partial charge in [0.2, 0.25) is 5.91 Å². The van der Waals surface area contributed by atoms with Crippen LogP contribution >= 0.6 is 0 Å². The second-order valence-corrected chi connectivity index (χ2v) is 5.77. The molecule has 0 bridgehead atoms. The Labute approximate surface area is 126 Å². The third-order valence-corrected chi connectivity index (χ3v) is 4.11. The van der Waals surface area contributed by atoms with Crippen LogP contribution in [-0.2, 0) is 11.3 Å². The number of methoxy groups -OCH3 is 1. The summed E-state index contributed by atoms with van der Waals surface area (Å²) in [5.74, 6) is 1.44. The SMILES string of the molecule is COc1c(C)cnc(CN(C)C(=O)CC2C=CCC2)c1C. The van der Waals surface area contributed by atoms with E-state index in [1.54, 1.807) is 18.2 Å². The molecule has 1 aliphatic carbocycles. The number of amides is 1. The highest BCUT2D eigenvalue weighted by atomic mass is 16.5. The number of nitrogens with zero attached hydrogens (tertiary/aromatic N) is 2. The van der Waals surface area contributed by atoms with Crippen LogP contribution in [0.2, 0.25) is 0 Å². The Morgan fingerprint density at radius 2 is 2.24 bits per heavy atom. The predicted octanol–water partition coefficient (Wildman–Crippen LogP) is 3.02. The van der Waals surface area contributed by atoms with Crippen LogP contribution in [0.4, 0.5) is 0 Å². The van der Waals surface area contributed by atoms with E-state index in [0.717, 1.165) is 35.4 Å². The van der Waals surface area contributed by atoms with Crippen LogP contribution in [0.25, 0.3) is 0 Å². The van der Waals surface area contributed by atoms with Gasteiger partial charge < -0.3 is 9.64 Å². The normalized spacial score (nSPS) is 17.0. The lowest BCUT2D eigenvalue weighted by molar-refractivity contribution is -0.131. The van der Waals surface area contributed by atoms with E-state index >= 15 is 0 Å². The summed E-state index contributed by atoms with van der Waals surface area (Å²) < 4.78 is 5.41. The number of hydrogen-bond acceptors (Lipinski definition) is 3. The smallest absolute Gasteiger partial charge is 0.223 e. The van der Waals surface area contributed by atoms with Crippen LogP contribution in [0.5, 0.6) is 5.75 Å². The number of rotatable bonds is 5. The molecule has 0 saturated carbocycles. The van der Waals surface area contributed by atoms with Crippen molar-refractivity contribution in [3.8, 4) is 5.75 Å². The molecule has 0 radical (unpaired) electrons. The quantitative estimate of drug-likeness (QED) is 0.782. The summed E-state index contributed by atoms with van der Waals surface area (Å²) in [6, 6.07) is 0. The van der Waals surface area contributed by atoms with Gasteiger partial charge in [-0.1, -0.05) is 12.2 Å². The van der Waals surface area contributed by atoms with Gasteiger partial charge in [-0.2, -0.15) is 0 Å². The van der Waals surface area contributed by atoms with E-state index in [2.05, 4.69) is 17.1 Å². The van der Waals surface area contributed by atoms with Crippen LogP contribution in [0.1, 0.15) is 36.1 Å². The molecule has 21 heavy (non-hydrogen) atoms. The molecule has 1 aliphatic rings. The molecule has 0 fully saturated rings. The minimum absolute atomic E-state index is 0.173. The van der Waals surface area contributed by atoms with Gasteiger partial charge in [-0.05, 0) is 32.6 Å². The van der Waals surface area contributed by atoms with Crippen molar-refractivity contribution < 1.29 is 9.53 Å². The average molecular weight is 288 g/mol. The molecule has 1 aromatic rings. The van der Waals surface area contributed by atoms with Gasteiger partial charge in [0, 0.05) is 30.8 Å². The van der Waals surface area contributed by atoms with Gasteiger partial charge in [0.15, 0.2) is 0 Å². The molecule has 114 valence electrons. The molecule has 4 heteroatoms. The van der Waals surface area contributed by atoms with E-state index in [1.807, 2.05) is 20.9 Å². The lowest BCUT2D eigenvalue weighted by atomic mass is 10.0. The number of ether oxygens (including phenoxy) is 1. The maximum atomic E-state index is 12.3. The van der Waals surface area contributed by atoms with Crippen molar-refractivity contribution in [1.82, 2.24) is 9.88 Å². The summed E-state index contributed by atoms with van der Waals surface area (Å²) in [5.41, 5.74) is 2.93. The van der Waals surface area contributed by atoms with Crippen molar-refractivity contribution in [3.63, 3.8) is 0 Å². The Hall–Kier alpha value is -1.84. The standard InChI is InChI=1S/C17H24N2O2/c1-12-10-18-15(13(2)17(12)21-4)11-19(3)16(20)9-14-7-5-6-8-14/h5,7,10,14H,6,8-9,11H2,1-4H3. The molecule has 4 nitrogen and oxygen atoms in total. The molecule has 0 N–H and O–H groups in total. The molecular weight excluding hydrogens is 264 g/mol. The number of aryl methyl sites for hydroxylation is 1. The Kier molecular flexibility index (Phi) is 4.99. The molecule has 2 rings (SSSR count). The van der Waals surface area contributed by atoms with Crippen molar-refractivity contribution in [1.29, 1.82) is 0 Å². The molecule has 0 spiro atoms. The van der Waals surface area contributed by atoms with E-state index in [4.69, 9.17) is 4.74 Å². The molecular formula is C17H24N2O2. The van der Waals surface area contributed by atoms with Crippen LogP contribution in [0.15, 0.2) is 18.3 Å². The first-order chi connectivity index (χ1) is 10.0. The maximum absolute atomic E-state index is 12.3. The molecule has 1 heterocycles. The fourth-order valence-corrected chi connectivity index (χ4v) is 2.79. The van der Waals surface area contributed by atoms with Gasteiger partial charge in [0.05, 0.1) is 19.3 Å². The highest BCUT2D eigenvalue weighted by Gasteiger charge is 2.19. The highest BCUT2D eigenvalue weighted by Crippen LogP contribution is 2.25. The van der Waals surface area contributed by atoms with Crippen molar-refractivity contribution >= 4 is 5.91 Å². The van der Waals surface area contributed by atoms with Crippen LogP contribution < -0.4 is 4.74 Å². The van der Waals surface area contributed by atoms with Crippen LogP contribution in [-0.4, -0.2) is 29.9 Å². The van der Waals surface area contributed by atoms with Crippen molar-refractivity contribution in [2.24, 2.45) is 5.92 Å². The van der Waals surface area contributed by atoms with Gasteiger partial charge >= 0.3 is 0 Å². The minimum atomic E-state index is 0.173. The molecule has 1 aromatic heterocycles. The third-order valence-electron chi connectivity index (χ3n) is 4.11. The number of aromatic nitrogens is 1. The van der Waals surface area contributed by atoms with E-state index in [9.17, 15) is 4.79 Å². The molecule has 1 unspecified atom stereocenters.